The summed E-state index contributed by atoms with van der Waals surface area (Å²) in [4.78, 5) is 9.98. The van der Waals surface area contributed by atoms with Crippen LogP contribution >= 0.6 is 0 Å². The number of para-hydroxylation sites is 1. The van der Waals surface area contributed by atoms with Crippen LogP contribution in [0.2, 0.25) is 0 Å². The lowest BCUT2D eigenvalue weighted by molar-refractivity contribution is -0.387. The van der Waals surface area contributed by atoms with Gasteiger partial charge in [-0.1, -0.05) is 26.0 Å². The second kappa shape index (κ2) is 7.48. The molecule has 0 atom stereocenters. The molecule has 7 nitrogen and oxygen atoms in total. The molecule has 0 heterocycles. The first-order valence-corrected chi connectivity index (χ1v) is 8.20. The molecule has 8 heteroatoms. The van der Waals surface area contributed by atoms with E-state index in [0.29, 0.717) is 12.8 Å². The normalized spacial score (nSPS) is 12.0. The van der Waals surface area contributed by atoms with E-state index in [0.717, 1.165) is 10.4 Å². The fourth-order valence-corrected chi connectivity index (χ4v) is 4.17. The molecule has 0 saturated heterocycles. The number of aliphatic hydroxyl groups excluding tert-OH is 1. The number of rotatable bonds is 8. The van der Waals surface area contributed by atoms with Gasteiger partial charge in [0.15, 0.2) is 4.90 Å². The standard InChI is InChI=1S/C13H20N2O5S/c1-3-11(4-2)14(9-10-16)21(19,20)13-8-6-5-7-12(13)15(17)18/h5-8,11,16H,3-4,9-10H2,1-2H3. The molecule has 0 saturated carbocycles. The molecule has 0 bridgehead atoms. The van der Waals surface area contributed by atoms with Gasteiger partial charge in [-0.3, -0.25) is 10.1 Å². The third-order valence-corrected chi connectivity index (χ3v) is 5.32. The number of nitrogens with zero attached hydrogens (tertiary/aromatic N) is 2. The molecule has 0 aliphatic carbocycles. The van der Waals surface area contributed by atoms with Crippen LogP contribution in [0.15, 0.2) is 29.2 Å². The van der Waals surface area contributed by atoms with Crippen molar-refractivity contribution in [1.82, 2.24) is 4.31 Å². The predicted octanol–water partition coefficient (Wildman–Crippen LogP) is 1.77. The molecule has 21 heavy (non-hydrogen) atoms. The van der Waals surface area contributed by atoms with Crippen molar-refractivity contribution < 1.29 is 18.4 Å². The van der Waals surface area contributed by atoms with Gasteiger partial charge in [0.2, 0.25) is 10.0 Å². The fourth-order valence-electron chi connectivity index (χ4n) is 2.25. The van der Waals surface area contributed by atoms with Gasteiger partial charge in [-0.05, 0) is 18.9 Å². The van der Waals surface area contributed by atoms with E-state index < -0.39 is 20.6 Å². The highest BCUT2D eigenvalue weighted by molar-refractivity contribution is 7.89. The van der Waals surface area contributed by atoms with Crippen molar-refractivity contribution >= 4 is 15.7 Å². The smallest absolute Gasteiger partial charge is 0.289 e. The molecular formula is C13H20N2O5S. The third kappa shape index (κ3) is 3.78. The Balaban J connectivity index is 3.39. The van der Waals surface area contributed by atoms with Crippen LogP contribution in [0.1, 0.15) is 26.7 Å². The summed E-state index contributed by atoms with van der Waals surface area (Å²) in [5.74, 6) is 0. The van der Waals surface area contributed by atoms with Crippen LogP contribution in [-0.2, 0) is 10.0 Å². The first-order chi connectivity index (χ1) is 9.89. The van der Waals surface area contributed by atoms with Crippen LogP contribution in [0, 0.1) is 10.1 Å². The maximum Gasteiger partial charge on any atom is 0.289 e. The van der Waals surface area contributed by atoms with E-state index in [4.69, 9.17) is 5.11 Å². The summed E-state index contributed by atoms with van der Waals surface area (Å²) >= 11 is 0. The molecule has 0 aliphatic rings. The number of hydrogen-bond donors (Lipinski definition) is 1. The van der Waals surface area contributed by atoms with Crippen molar-refractivity contribution in [3.05, 3.63) is 34.4 Å². The van der Waals surface area contributed by atoms with E-state index in [1.807, 2.05) is 13.8 Å². The molecule has 118 valence electrons. The lowest BCUT2D eigenvalue weighted by Gasteiger charge is -2.28. The maximum atomic E-state index is 12.7. The van der Waals surface area contributed by atoms with Crippen molar-refractivity contribution in [2.75, 3.05) is 13.2 Å². The molecule has 0 spiro atoms. The highest BCUT2D eigenvalue weighted by atomic mass is 32.2. The number of nitro benzene ring substituents is 1. The van der Waals surface area contributed by atoms with Gasteiger partial charge in [0, 0.05) is 18.7 Å². The van der Waals surface area contributed by atoms with Gasteiger partial charge >= 0.3 is 0 Å². The van der Waals surface area contributed by atoms with Crippen molar-refractivity contribution in [2.45, 2.75) is 37.6 Å². The largest absolute Gasteiger partial charge is 0.395 e. The van der Waals surface area contributed by atoms with Crippen LogP contribution in [0.3, 0.4) is 0 Å². The molecule has 0 radical (unpaired) electrons. The van der Waals surface area contributed by atoms with Crippen LogP contribution in [0.5, 0.6) is 0 Å². The molecule has 0 aliphatic heterocycles. The van der Waals surface area contributed by atoms with Crippen LogP contribution in [0.25, 0.3) is 0 Å². The van der Waals surface area contributed by atoms with Gasteiger partial charge in [0.05, 0.1) is 11.5 Å². The first-order valence-electron chi connectivity index (χ1n) is 6.76. The number of aliphatic hydroxyl groups is 1. The summed E-state index contributed by atoms with van der Waals surface area (Å²) in [7, 11) is -4.03. The van der Waals surface area contributed by atoms with Crippen molar-refractivity contribution in [1.29, 1.82) is 0 Å². The Morgan fingerprint density at radius 3 is 2.33 bits per heavy atom. The van der Waals surface area contributed by atoms with Gasteiger partial charge in [-0.15, -0.1) is 0 Å². The highest BCUT2D eigenvalue weighted by Crippen LogP contribution is 2.28. The Labute approximate surface area is 124 Å². The van der Waals surface area contributed by atoms with E-state index in [-0.39, 0.29) is 24.1 Å². The van der Waals surface area contributed by atoms with Crippen molar-refractivity contribution in [3.8, 4) is 0 Å². The second-order valence-corrected chi connectivity index (χ2v) is 6.39. The molecule has 0 unspecified atom stereocenters. The molecule has 1 N–H and O–H groups in total. The lowest BCUT2D eigenvalue weighted by Crippen LogP contribution is -2.41. The van der Waals surface area contributed by atoms with Gasteiger partial charge in [-0.25, -0.2) is 8.42 Å². The van der Waals surface area contributed by atoms with Crippen molar-refractivity contribution in [2.24, 2.45) is 0 Å². The Bertz CT molecular complexity index is 584. The quantitative estimate of drug-likeness (QED) is 0.582. The van der Waals surface area contributed by atoms with E-state index in [9.17, 15) is 18.5 Å². The predicted molar refractivity (Wildman–Crippen MR) is 78.4 cm³/mol. The summed E-state index contributed by atoms with van der Waals surface area (Å²) in [5, 5.41) is 20.2. The molecule has 0 aromatic heterocycles. The zero-order valence-electron chi connectivity index (χ0n) is 12.1. The molecule has 0 amide bonds. The molecule has 1 rings (SSSR count). The molecular weight excluding hydrogens is 296 g/mol. The van der Waals surface area contributed by atoms with E-state index in [1.54, 1.807) is 0 Å². The summed E-state index contributed by atoms with van der Waals surface area (Å²) in [6.45, 7) is 3.26. The van der Waals surface area contributed by atoms with Gasteiger partial charge < -0.3 is 5.11 Å². The molecule has 0 fully saturated rings. The Morgan fingerprint density at radius 2 is 1.86 bits per heavy atom. The molecule has 1 aromatic rings. The minimum Gasteiger partial charge on any atom is -0.395 e. The Kier molecular flexibility index (Phi) is 6.25. The number of hydrogen-bond acceptors (Lipinski definition) is 5. The average Bonchev–Trinajstić information content (AvgIpc) is 2.47. The third-order valence-electron chi connectivity index (χ3n) is 3.32. The lowest BCUT2D eigenvalue weighted by atomic mass is 10.2. The molecule has 1 aromatic carbocycles. The minimum absolute atomic E-state index is 0.0826. The number of benzene rings is 1. The summed E-state index contributed by atoms with van der Waals surface area (Å²) in [6, 6.07) is 4.95. The highest BCUT2D eigenvalue weighted by Gasteiger charge is 2.34. The fraction of sp³-hybridized carbons (Fsp3) is 0.538. The van der Waals surface area contributed by atoms with Crippen LogP contribution < -0.4 is 0 Å². The van der Waals surface area contributed by atoms with Crippen LogP contribution in [0.4, 0.5) is 5.69 Å². The van der Waals surface area contributed by atoms with Crippen LogP contribution in [-0.4, -0.2) is 41.9 Å². The van der Waals surface area contributed by atoms with E-state index >= 15 is 0 Å². The summed E-state index contributed by atoms with van der Waals surface area (Å²) < 4.78 is 26.6. The van der Waals surface area contributed by atoms with Crippen molar-refractivity contribution in [3.63, 3.8) is 0 Å². The summed E-state index contributed by atoms with van der Waals surface area (Å²) in [5.41, 5.74) is -0.452. The van der Waals surface area contributed by atoms with E-state index in [1.165, 1.54) is 18.2 Å². The monoisotopic (exact) mass is 316 g/mol. The van der Waals surface area contributed by atoms with Gasteiger partial charge in [-0.2, -0.15) is 4.31 Å². The average molecular weight is 316 g/mol. The zero-order chi connectivity index (χ0) is 16.0. The Morgan fingerprint density at radius 1 is 1.29 bits per heavy atom. The Hall–Kier alpha value is -1.51. The SMILES string of the molecule is CCC(CC)N(CCO)S(=O)(=O)c1ccccc1[N+](=O)[O-]. The topological polar surface area (TPSA) is 101 Å². The summed E-state index contributed by atoms with van der Waals surface area (Å²) in [6.07, 6.45) is 1.13. The minimum atomic E-state index is -4.03. The zero-order valence-corrected chi connectivity index (χ0v) is 12.9. The van der Waals surface area contributed by atoms with E-state index in [2.05, 4.69) is 0 Å². The number of nitro groups is 1. The van der Waals surface area contributed by atoms with Gasteiger partial charge in [0.1, 0.15) is 0 Å². The second-order valence-electron chi connectivity index (χ2n) is 4.53. The maximum absolute atomic E-state index is 12.7. The first kappa shape index (κ1) is 17.5. The number of sulfonamides is 1. The van der Waals surface area contributed by atoms with Gasteiger partial charge in [0.25, 0.3) is 5.69 Å².